The number of halogens is 11. The maximum absolute atomic E-state index is 13.1. The van der Waals surface area contributed by atoms with Crippen molar-refractivity contribution in [1.82, 2.24) is 0 Å². The van der Waals surface area contributed by atoms with Crippen LogP contribution in [0.25, 0.3) is 0 Å². The zero-order chi connectivity index (χ0) is 19.6. The van der Waals surface area contributed by atoms with Crippen molar-refractivity contribution in [2.45, 2.75) is 56.1 Å². The van der Waals surface area contributed by atoms with Crippen molar-refractivity contribution in [3.63, 3.8) is 0 Å². The molecule has 144 valence electrons. The fourth-order valence-corrected chi connectivity index (χ4v) is 1.44. The molecule has 0 unspecified atom stereocenters. The van der Waals surface area contributed by atoms with Crippen molar-refractivity contribution < 1.29 is 57.8 Å². The summed E-state index contributed by atoms with van der Waals surface area (Å²) in [4.78, 5) is 10.7. The van der Waals surface area contributed by atoms with Crippen molar-refractivity contribution in [3.05, 3.63) is 0 Å². The normalized spacial score (nSPS) is 14.7. The molecule has 13 heteroatoms. The Morgan fingerprint density at radius 3 is 1.62 bits per heavy atom. The highest BCUT2D eigenvalue weighted by atomic mass is 19.4. The van der Waals surface area contributed by atoms with Gasteiger partial charge in [0.2, 0.25) is 0 Å². The van der Waals surface area contributed by atoms with Crippen LogP contribution in [0.4, 0.5) is 48.3 Å². The van der Waals surface area contributed by atoms with Crippen LogP contribution in [-0.2, 0) is 9.53 Å². The van der Waals surface area contributed by atoms with Crippen LogP contribution in [0.3, 0.4) is 0 Å². The third-order valence-electron chi connectivity index (χ3n) is 2.77. The molecule has 0 aromatic carbocycles. The number of ether oxygens (including phenoxy) is 1. The zero-order valence-corrected chi connectivity index (χ0v) is 11.8. The van der Waals surface area contributed by atoms with E-state index in [-0.39, 0.29) is 0 Å². The highest BCUT2D eigenvalue weighted by Crippen LogP contribution is 2.54. The van der Waals surface area contributed by atoms with Gasteiger partial charge in [0.05, 0.1) is 6.61 Å². The maximum Gasteiger partial charge on any atom is 0.460 e. The predicted molar refractivity (Wildman–Crippen MR) is 56.3 cm³/mol. The molecule has 24 heavy (non-hydrogen) atoms. The van der Waals surface area contributed by atoms with Crippen molar-refractivity contribution in [3.8, 4) is 0 Å². The van der Waals surface area contributed by atoms with Gasteiger partial charge in [-0.1, -0.05) is 0 Å². The average Bonchev–Trinajstić information content (AvgIpc) is 2.36. The molecule has 0 fully saturated rings. The van der Waals surface area contributed by atoms with E-state index in [2.05, 4.69) is 4.74 Å². The van der Waals surface area contributed by atoms with E-state index in [1.807, 2.05) is 0 Å². The number of carbonyl (C=O) groups excluding carboxylic acids is 1. The number of esters is 1. The Labute approximate surface area is 127 Å². The molecule has 0 heterocycles. The van der Waals surface area contributed by atoms with Crippen LogP contribution in [-0.4, -0.2) is 42.4 Å². The van der Waals surface area contributed by atoms with E-state index >= 15 is 0 Å². The van der Waals surface area contributed by atoms with Gasteiger partial charge < -0.3 is 4.74 Å². The van der Waals surface area contributed by atoms with E-state index in [4.69, 9.17) is 0 Å². The van der Waals surface area contributed by atoms with Crippen LogP contribution in [0.5, 0.6) is 0 Å². The monoisotopic (exact) mass is 384 g/mol. The van der Waals surface area contributed by atoms with E-state index in [1.165, 1.54) is 0 Å². The first kappa shape index (κ1) is 22.7. The molecule has 0 N–H and O–H groups in total. The van der Waals surface area contributed by atoms with E-state index in [0.717, 1.165) is 6.92 Å². The van der Waals surface area contributed by atoms with Gasteiger partial charge in [0.1, 0.15) is 0 Å². The number of hydrogen-bond acceptors (Lipinski definition) is 2. The van der Waals surface area contributed by atoms with Gasteiger partial charge in [-0.05, 0) is 13.3 Å². The van der Waals surface area contributed by atoms with E-state index in [0.29, 0.717) is 0 Å². The second-order valence-electron chi connectivity index (χ2n) is 4.63. The molecule has 0 spiro atoms. The minimum absolute atomic E-state index is 0.513. The highest BCUT2D eigenvalue weighted by Gasteiger charge is 2.81. The molecule has 0 radical (unpaired) electrons. The Morgan fingerprint density at radius 2 is 1.25 bits per heavy atom. The molecule has 0 aromatic heterocycles. The Bertz CT molecular complexity index is 442. The van der Waals surface area contributed by atoms with Crippen LogP contribution in [0.2, 0.25) is 0 Å². The van der Waals surface area contributed by atoms with E-state index in [9.17, 15) is 53.1 Å². The Balaban J connectivity index is 5.07. The van der Waals surface area contributed by atoms with Gasteiger partial charge in [-0.25, -0.2) is 4.79 Å². The largest absolute Gasteiger partial charge is 0.462 e. The standard InChI is InChI=1S/C11H11F11O2/c1-2-24-6(23)7(12,13)4-3-5-8(14,15)9(16,17)10(18,19)11(20,21)22/h2-5H2,1H3. The summed E-state index contributed by atoms with van der Waals surface area (Å²) in [7, 11) is 0. The second kappa shape index (κ2) is 6.90. The van der Waals surface area contributed by atoms with Crippen LogP contribution in [0.1, 0.15) is 26.2 Å². The summed E-state index contributed by atoms with van der Waals surface area (Å²) in [6, 6.07) is 0. The summed E-state index contributed by atoms with van der Waals surface area (Å²) < 4.78 is 142. The van der Waals surface area contributed by atoms with Gasteiger partial charge in [-0.2, -0.15) is 48.3 Å². The third kappa shape index (κ3) is 4.41. The quantitative estimate of drug-likeness (QED) is 0.443. The van der Waals surface area contributed by atoms with Gasteiger partial charge in [-0.3, -0.25) is 0 Å². The minimum atomic E-state index is -7.08. The van der Waals surface area contributed by atoms with Crippen LogP contribution >= 0.6 is 0 Å². The van der Waals surface area contributed by atoms with Crippen LogP contribution < -0.4 is 0 Å². The maximum atomic E-state index is 13.1. The lowest BCUT2D eigenvalue weighted by atomic mass is 9.97. The molecule has 0 aliphatic rings. The highest BCUT2D eigenvalue weighted by molar-refractivity contribution is 5.77. The van der Waals surface area contributed by atoms with Gasteiger partial charge in [0, 0.05) is 12.8 Å². The van der Waals surface area contributed by atoms with E-state index < -0.39 is 61.7 Å². The molecule has 0 atom stereocenters. The van der Waals surface area contributed by atoms with Crippen molar-refractivity contribution in [2.24, 2.45) is 0 Å². The van der Waals surface area contributed by atoms with Gasteiger partial charge in [0.25, 0.3) is 0 Å². The van der Waals surface area contributed by atoms with Gasteiger partial charge in [-0.15, -0.1) is 0 Å². The lowest BCUT2D eigenvalue weighted by Crippen LogP contribution is -2.60. The van der Waals surface area contributed by atoms with Crippen LogP contribution in [0, 0.1) is 0 Å². The smallest absolute Gasteiger partial charge is 0.460 e. The fraction of sp³-hybridized carbons (Fsp3) is 0.909. The average molecular weight is 384 g/mol. The number of hydrogen-bond donors (Lipinski definition) is 0. The van der Waals surface area contributed by atoms with Crippen molar-refractivity contribution in [1.29, 1.82) is 0 Å². The molecule has 2 nitrogen and oxygen atoms in total. The number of carbonyl (C=O) groups is 1. The van der Waals surface area contributed by atoms with Crippen molar-refractivity contribution >= 4 is 5.97 Å². The molecule has 0 saturated carbocycles. The molecule has 0 rings (SSSR count). The first-order chi connectivity index (χ1) is 10.4. The lowest BCUT2D eigenvalue weighted by Gasteiger charge is -2.33. The summed E-state index contributed by atoms with van der Waals surface area (Å²) in [5.74, 6) is -26.4. The molecular formula is C11H11F11O2. The molecule has 0 aliphatic heterocycles. The lowest BCUT2D eigenvalue weighted by molar-refractivity contribution is -0.396. The fourth-order valence-electron chi connectivity index (χ4n) is 1.44. The summed E-state index contributed by atoms with van der Waals surface area (Å²) in [5, 5.41) is 0. The predicted octanol–water partition coefficient (Wildman–Crippen LogP) is 4.82. The molecular weight excluding hydrogens is 373 g/mol. The molecule has 0 bridgehead atoms. The zero-order valence-electron chi connectivity index (χ0n) is 11.8. The number of alkyl halides is 11. The number of rotatable bonds is 8. The summed E-state index contributed by atoms with van der Waals surface area (Å²) >= 11 is 0. The first-order valence-electron chi connectivity index (χ1n) is 6.19. The summed E-state index contributed by atoms with van der Waals surface area (Å²) in [6.45, 7) is 0.613. The summed E-state index contributed by atoms with van der Waals surface area (Å²) in [5.41, 5.74) is 0. The Kier molecular flexibility index (Phi) is 6.53. The molecule has 0 amide bonds. The van der Waals surface area contributed by atoms with E-state index in [1.54, 1.807) is 0 Å². The third-order valence-corrected chi connectivity index (χ3v) is 2.77. The minimum Gasteiger partial charge on any atom is -0.462 e. The SMILES string of the molecule is CCOC(=O)C(F)(F)CCCC(F)(F)C(F)(F)C(F)(F)C(F)(F)F. The van der Waals surface area contributed by atoms with Crippen LogP contribution in [0.15, 0.2) is 0 Å². The topological polar surface area (TPSA) is 26.3 Å². The van der Waals surface area contributed by atoms with Gasteiger partial charge >= 0.3 is 35.8 Å². The summed E-state index contributed by atoms with van der Waals surface area (Å²) in [6.07, 6.45) is -12.8. The second-order valence-corrected chi connectivity index (χ2v) is 4.63. The Morgan fingerprint density at radius 1 is 0.792 bits per heavy atom. The van der Waals surface area contributed by atoms with Crippen molar-refractivity contribution in [2.75, 3.05) is 6.61 Å². The first-order valence-corrected chi connectivity index (χ1v) is 6.19. The molecule has 0 aliphatic carbocycles. The van der Waals surface area contributed by atoms with Gasteiger partial charge in [0.15, 0.2) is 0 Å². The Hall–Kier alpha value is -1.30. The molecule has 0 aromatic rings. The molecule has 0 saturated heterocycles.